The Balaban J connectivity index is 3.19. The fourth-order valence-corrected chi connectivity index (χ4v) is 2.29. The molecule has 0 spiro atoms. The van der Waals surface area contributed by atoms with Crippen LogP contribution in [-0.4, -0.2) is 39.8 Å². The third-order valence-corrected chi connectivity index (χ3v) is 3.23. The van der Waals surface area contributed by atoms with E-state index in [1.165, 1.54) is 0 Å². The van der Waals surface area contributed by atoms with Gasteiger partial charge in [0.05, 0.1) is 14.2 Å². The SMILES string of the molecule is COc1ccc(C(C(C)CN)N(C)C)c(OC)c1. The molecule has 18 heavy (non-hydrogen) atoms. The fraction of sp³-hybridized carbons (Fsp3) is 0.571. The molecule has 4 heteroatoms. The number of nitrogens with zero attached hydrogens (tertiary/aromatic N) is 1. The van der Waals surface area contributed by atoms with Gasteiger partial charge >= 0.3 is 0 Å². The van der Waals surface area contributed by atoms with Crippen molar-refractivity contribution in [2.75, 3.05) is 34.9 Å². The second-order valence-electron chi connectivity index (χ2n) is 4.73. The van der Waals surface area contributed by atoms with Gasteiger partial charge in [0.15, 0.2) is 0 Å². The van der Waals surface area contributed by atoms with Crippen LogP contribution in [0.25, 0.3) is 0 Å². The van der Waals surface area contributed by atoms with Crippen LogP contribution in [0.4, 0.5) is 0 Å². The summed E-state index contributed by atoms with van der Waals surface area (Å²) in [4.78, 5) is 2.17. The molecule has 0 amide bonds. The van der Waals surface area contributed by atoms with Crippen molar-refractivity contribution in [3.63, 3.8) is 0 Å². The highest BCUT2D eigenvalue weighted by atomic mass is 16.5. The summed E-state index contributed by atoms with van der Waals surface area (Å²) < 4.78 is 10.7. The van der Waals surface area contributed by atoms with Crippen LogP contribution >= 0.6 is 0 Å². The van der Waals surface area contributed by atoms with Crippen molar-refractivity contribution in [1.82, 2.24) is 4.90 Å². The Bertz CT molecular complexity index is 380. The summed E-state index contributed by atoms with van der Waals surface area (Å²) in [5.41, 5.74) is 6.94. The standard InChI is InChI=1S/C14H24N2O2/c1-10(9-15)14(16(2)3)12-7-6-11(17-4)8-13(12)18-5/h6-8,10,14H,9,15H2,1-5H3. The van der Waals surface area contributed by atoms with Crippen molar-refractivity contribution in [1.29, 1.82) is 0 Å². The normalized spacial score (nSPS) is 14.4. The van der Waals surface area contributed by atoms with E-state index in [-0.39, 0.29) is 6.04 Å². The first-order valence-corrected chi connectivity index (χ1v) is 6.13. The van der Waals surface area contributed by atoms with E-state index < -0.39 is 0 Å². The summed E-state index contributed by atoms with van der Waals surface area (Å²) in [6.45, 7) is 2.78. The van der Waals surface area contributed by atoms with Crippen LogP contribution in [-0.2, 0) is 0 Å². The fourth-order valence-electron chi connectivity index (χ4n) is 2.29. The van der Waals surface area contributed by atoms with Gasteiger partial charge in [0.2, 0.25) is 0 Å². The summed E-state index contributed by atoms with van der Waals surface area (Å²) in [6.07, 6.45) is 0. The number of hydrogen-bond acceptors (Lipinski definition) is 4. The molecule has 102 valence electrons. The van der Waals surface area contributed by atoms with Crippen LogP contribution in [0.15, 0.2) is 18.2 Å². The summed E-state index contributed by atoms with van der Waals surface area (Å²) in [6, 6.07) is 6.15. The molecular weight excluding hydrogens is 228 g/mol. The third-order valence-electron chi connectivity index (χ3n) is 3.23. The number of benzene rings is 1. The van der Waals surface area contributed by atoms with Crippen LogP contribution in [0.1, 0.15) is 18.5 Å². The topological polar surface area (TPSA) is 47.7 Å². The molecule has 1 rings (SSSR count). The van der Waals surface area contributed by atoms with Crippen LogP contribution < -0.4 is 15.2 Å². The maximum absolute atomic E-state index is 5.80. The van der Waals surface area contributed by atoms with Gasteiger partial charge in [-0.25, -0.2) is 0 Å². The van der Waals surface area contributed by atoms with E-state index in [0.717, 1.165) is 17.1 Å². The van der Waals surface area contributed by atoms with Gasteiger partial charge < -0.3 is 20.1 Å². The minimum Gasteiger partial charge on any atom is -0.497 e. The van der Waals surface area contributed by atoms with Gasteiger partial charge in [-0.05, 0) is 32.6 Å². The van der Waals surface area contributed by atoms with Gasteiger partial charge in [-0.1, -0.05) is 13.0 Å². The van der Waals surface area contributed by atoms with Gasteiger partial charge in [-0.15, -0.1) is 0 Å². The van der Waals surface area contributed by atoms with Crippen molar-refractivity contribution >= 4 is 0 Å². The average molecular weight is 252 g/mol. The molecule has 0 fully saturated rings. The maximum atomic E-state index is 5.80. The molecule has 2 unspecified atom stereocenters. The minimum atomic E-state index is 0.232. The zero-order valence-corrected chi connectivity index (χ0v) is 11.9. The lowest BCUT2D eigenvalue weighted by Crippen LogP contribution is -2.30. The first-order valence-electron chi connectivity index (χ1n) is 6.13. The van der Waals surface area contributed by atoms with Crippen LogP contribution in [0.2, 0.25) is 0 Å². The Hall–Kier alpha value is -1.26. The molecule has 1 aromatic carbocycles. The Morgan fingerprint density at radius 1 is 1.22 bits per heavy atom. The predicted octanol–water partition coefficient (Wildman–Crippen LogP) is 1.90. The van der Waals surface area contributed by atoms with Crippen molar-refractivity contribution in [3.05, 3.63) is 23.8 Å². The highest BCUT2D eigenvalue weighted by Crippen LogP contribution is 2.35. The lowest BCUT2D eigenvalue weighted by atomic mass is 9.92. The summed E-state index contributed by atoms with van der Waals surface area (Å²) >= 11 is 0. The first kappa shape index (κ1) is 14.8. The molecule has 0 saturated carbocycles. The molecule has 2 N–H and O–H groups in total. The largest absolute Gasteiger partial charge is 0.497 e. The Morgan fingerprint density at radius 2 is 1.89 bits per heavy atom. The Kier molecular flexibility index (Phi) is 5.44. The first-order chi connectivity index (χ1) is 8.54. The lowest BCUT2D eigenvalue weighted by molar-refractivity contribution is 0.221. The molecule has 0 saturated heterocycles. The predicted molar refractivity (Wildman–Crippen MR) is 74.2 cm³/mol. The molecule has 0 aliphatic carbocycles. The van der Waals surface area contributed by atoms with Crippen LogP contribution in [0.3, 0.4) is 0 Å². The van der Waals surface area contributed by atoms with E-state index in [9.17, 15) is 0 Å². The lowest BCUT2D eigenvalue weighted by Gasteiger charge is -2.31. The summed E-state index contributed by atoms with van der Waals surface area (Å²) in [5.74, 6) is 1.99. The molecule has 0 aliphatic rings. The summed E-state index contributed by atoms with van der Waals surface area (Å²) in [5, 5.41) is 0. The maximum Gasteiger partial charge on any atom is 0.127 e. The molecule has 2 atom stereocenters. The highest BCUT2D eigenvalue weighted by Gasteiger charge is 2.24. The Labute approximate surface area is 110 Å². The van der Waals surface area contributed by atoms with Gasteiger partial charge in [0.1, 0.15) is 11.5 Å². The Morgan fingerprint density at radius 3 is 2.33 bits per heavy atom. The van der Waals surface area contributed by atoms with Gasteiger partial charge in [-0.3, -0.25) is 0 Å². The van der Waals surface area contributed by atoms with Gasteiger partial charge in [-0.2, -0.15) is 0 Å². The van der Waals surface area contributed by atoms with Gasteiger partial charge in [0, 0.05) is 17.7 Å². The van der Waals surface area contributed by atoms with Crippen LogP contribution in [0.5, 0.6) is 11.5 Å². The second kappa shape index (κ2) is 6.61. The van der Waals surface area contributed by atoms with Crippen molar-refractivity contribution in [3.8, 4) is 11.5 Å². The van der Waals surface area contributed by atoms with E-state index in [1.54, 1.807) is 14.2 Å². The quantitative estimate of drug-likeness (QED) is 0.840. The van der Waals surface area contributed by atoms with Crippen LogP contribution in [0, 0.1) is 5.92 Å². The molecule has 0 aromatic heterocycles. The molecule has 1 aromatic rings. The molecular formula is C14H24N2O2. The second-order valence-corrected chi connectivity index (χ2v) is 4.73. The van der Waals surface area contributed by atoms with E-state index in [0.29, 0.717) is 12.5 Å². The van der Waals surface area contributed by atoms with Gasteiger partial charge in [0.25, 0.3) is 0 Å². The molecule has 4 nitrogen and oxygen atoms in total. The number of rotatable bonds is 6. The number of nitrogens with two attached hydrogens (primary N) is 1. The third kappa shape index (κ3) is 3.15. The smallest absolute Gasteiger partial charge is 0.127 e. The van der Waals surface area contributed by atoms with E-state index >= 15 is 0 Å². The zero-order chi connectivity index (χ0) is 13.7. The number of hydrogen-bond donors (Lipinski definition) is 1. The zero-order valence-electron chi connectivity index (χ0n) is 11.9. The van der Waals surface area contributed by atoms with E-state index in [4.69, 9.17) is 15.2 Å². The molecule has 0 aliphatic heterocycles. The van der Waals surface area contributed by atoms with Crippen molar-refractivity contribution in [2.45, 2.75) is 13.0 Å². The molecule has 0 bridgehead atoms. The van der Waals surface area contributed by atoms with Crippen molar-refractivity contribution < 1.29 is 9.47 Å². The van der Waals surface area contributed by atoms with Crippen molar-refractivity contribution in [2.24, 2.45) is 11.7 Å². The summed E-state index contributed by atoms with van der Waals surface area (Å²) in [7, 11) is 7.44. The number of methoxy groups -OCH3 is 2. The van der Waals surface area contributed by atoms with E-state index in [1.807, 2.05) is 12.1 Å². The average Bonchev–Trinajstić information content (AvgIpc) is 2.38. The molecule has 0 heterocycles. The minimum absolute atomic E-state index is 0.232. The molecule has 0 radical (unpaired) electrons. The highest BCUT2D eigenvalue weighted by molar-refractivity contribution is 5.42. The monoisotopic (exact) mass is 252 g/mol. The van der Waals surface area contributed by atoms with E-state index in [2.05, 4.69) is 32.0 Å². The number of ether oxygens (including phenoxy) is 2.